The summed E-state index contributed by atoms with van der Waals surface area (Å²) in [5.74, 6) is 1.33. The van der Waals surface area contributed by atoms with Crippen LogP contribution in [0.2, 0.25) is 0 Å². The minimum absolute atomic E-state index is 0.606. The second-order valence-corrected chi connectivity index (χ2v) is 4.38. The molecule has 0 spiro atoms. The first-order valence-corrected chi connectivity index (χ1v) is 6.07. The van der Waals surface area contributed by atoms with Crippen molar-refractivity contribution in [1.82, 2.24) is 5.43 Å². The summed E-state index contributed by atoms with van der Waals surface area (Å²) in [5, 5.41) is 4.53. The van der Waals surface area contributed by atoms with E-state index in [1.807, 2.05) is 0 Å². The van der Waals surface area contributed by atoms with Gasteiger partial charge in [0, 0.05) is 11.6 Å². The van der Waals surface area contributed by atoms with E-state index in [2.05, 4.69) is 38.2 Å². The Morgan fingerprint density at radius 2 is 2.07 bits per heavy atom. The quantitative estimate of drug-likeness (QED) is 0.717. The first-order chi connectivity index (χ1) is 6.74. The highest BCUT2D eigenvalue weighted by atomic mass is 15.3. The predicted octanol–water partition coefficient (Wildman–Crippen LogP) is 3.19. The van der Waals surface area contributed by atoms with Crippen LogP contribution in [0.5, 0.6) is 0 Å². The van der Waals surface area contributed by atoms with Crippen LogP contribution in [0, 0.1) is 11.8 Å². The second kappa shape index (κ2) is 5.38. The van der Waals surface area contributed by atoms with Crippen molar-refractivity contribution in [3.8, 4) is 0 Å². The lowest BCUT2D eigenvalue weighted by Gasteiger charge is -2.20. The van der Waals surface area contributed by atoms with Gasteiger partial charge in [0.15, 0.2) is 0 Å². The molecule has 0 amide bonds. The smallest absolute Gasteiger partial charge is 0.0521 e. The van der Waals surface area contributed by atoms with Crippen LogP contribution >= 0.6 is 0 Å². The van der Waals surface area contributed by atoms with Gasteiger partial charge in [-0.3, -0.25) is 0 Å². The lowest BCUT2D eigenvalue weighted by atomic mass is 9.84. The minimum atomic E-state index is 0.606. The highest BCUT2D eigenvalue weighted by Gasteiger charge is 2.31. The Hall–Kier alpha value is -0.530. The van der Waals surface area contributed by atoms with E-state index < -0.39 is 0 Å². The lowest BCUT2D eigenvalue weighted by Crippen LogP contribution is -2.30. The van der Waals surface area contributed by atoms with Crippen molar-refractivity contribution in [2.45, 2.75) is 59.4 Å². The summed E-state index contributed by atoms with van der Waals surface area (Å²) in [6.45, 7) is 9.05. The van der Waals surface area contributed by atoms with E-state index in [0.717, 1.165) is 0 Å². The Kier molecular flexibility index (Phi) is 4.43. The van der Waals surface area contributed by atoms with Crippen LogP contribution in [0.3, 0.4) is 0 Å². The van der Waals surface area contributed by atoms with Crippen molar-refractivity contribution in [2.75, 3.05) is 0 Å². The third-order valence-corrected chi connectivity index (χ3v) is 3.38. The molecule has 1 N–H and O–H groups in total. The molecule has 0 bridgehead atoms. The number of hydrogen-bond acceptors (Lipinski definition) is 2. The highest BCUT2D eigenvalue weighted by Crippen LogP contribution is 2.25. The molecule has 1 aliphatic rings. The molecule has 2 nitrogen and oxygen atoms in total. The van der Waals surface area contributed by atoms with Gasteiger partial charge in [-0.25, -0.2) is 0 Å². The molecule has 1 rings (SSSR count). The van der Waals surface area contributed by atoms with E-state index in [4.69, 9.17) is 0 Å². The first-order valence-electron chi connectivity index (χ1n) is 6.07. The highest BCUT2D eigenvalue weighted by molar-refractivity contribution is 5.90. The molecular formula is C12H24N2. The molecule has 82 valence electrons. The fraction of sp³-hybridized carbons (Fsp3) is 0.917. The Morgan fingerprint density at radius 1 is 1.36 bits per heavy atom. The topological polar surface area (TPSA) is 24.4 Å². The molecule has 0 radical (unpaired) electrons. The fourth-order valence-corrected chi connectivity index (χ4v) is 2.29. The third kappa shape index (κ3) is 2.28. The summed E-state index contributed by atoms with van der Waals surface area (Å²) in [5.41, 5.74) is 4.72. The van der Waals surface area contributed by atoms with Crippen molar-refractivity contribution in [3.63, 3.8) is 0 Å². The van der Waals surface area contributed by atoms with Crippen molar-refractivity contribution >= 4 is 5.71 Å². The zero-order valence-electron chi connectivity index (χ0n) is 10.0. The van der Waals surface area contributed by atoms with Crippen LogP contribution in [0.15, 0.2) is 5.10 Å². The monoisotopic (exact) mass is 196 g/mol. The number of nitrogens with one attached hydrogen (secondary N) is 1. The maximum atomic E-state index is 4.53. The van der Waals surface area contributed by atoms with Gasteiger partial charge in [-0.2, -0.15) is 5.10 Å². The molecule has 14 heavy (non-hydrogen) atoms. The molecule has 0 aliphatic carbocycles. The second-order valence-electron chi connectivity index (χ2n) is 4.38. The SMILES string of the molecule is CCC[C@H]1NN=C(C(C)CC)C1CC. The average Bonchev–Trinajstić information content (AvgIpc) is 2.60. The Bertz CT molecular complexity index is 198. The lowest BCUT2D eigenvalue weighted by molar-refractivity contribution is 0.429. The maximum absolute atomic E-state index is 4.53. The summed E-state index contributed by atoms with van der Waals surface area (Å²) in [4.78, 5) is 0. The van der Waals surface area contributed by atoms with Crippen LogP contribution < -0.4 is 5.43 Å². The molecule has 0 aromatic rings. The van der Waals surface area contributed by atoms with Gasteiger partial charge in [-0.1, -0.05) is 34.1 Å². The van der Waals surface area contributed by atoms with E-state index in [9.17, 15) is 0 Å². The third-order valence-electron chi connectivity index (χ3n) is 3.38. The van der Waals surface area contributed by atoms with Crippen molar-refractivity contribution in [3.05, 3.63) is 0 Å². The van der Waals surface area contributed by atoms with E-state index in [-0.39, 0.29) is 0 Å². The minimum Gasteiger partial charge on any atom is -0.306 e. The van der Waals surface area contributed by atoms with Gasteiger partial charge in [0.25, 0.3) is 0 Å². The molecule has 2 unspecified atom stereocenters. The van der Waals surface area contributed by atoms with Gasteiger partial charge >= 0.3 is 0 Å². The van der Waals surface area contributed by atoms with Crippen LogP contribution in [0.1, 0.15) is 53.4 Å². The summed E-state index contributed by atoms with van der Waals surface area (Å²) in [6.07, 6.45) is 4.93. The number of hydrogen-bond donors (Lipinski definition) is 1. The number of nitrogens with zero attached hydrogens (tertiary/aromatic N) is 1. The number of hydrazone groups is 1. The summed E-state index contributed by atoms with van der Waals surface area (Å²) in [6, 6.07) is 0.606. The van der Waals surface area contributed by atoms with E-state index in [1.165, 1.54) is 31.4 Å². The molecule has 0 fully saturated rings. The molecule has 1 heterocycles. The average molecular weight is 196 g/mol. The van der Waals surface area contributed by atoms with Crippen LogP contribution in [-0.2, 0) is 0 Å². The van der Waals surface area contributed by atoms with E-state index in [1.54, 1.807) is 0 Å². The predicted molar refractivity (Wildman–Crippen MR) is 62.5 cm³/mol. The molecule has 3 atom stereocenters. The van der Waals surface area contributed by atoms with Gasteiger partial charge in [0.1, 0.15) is 0 Å². The normalized spacial score (nSPS) is 28.4. The molecule has 1 aliphatic heterocycles. The van der Waals surface area contributed by atoms with Crippen LogP contribution in [0.25, 0.3) is 0 Å². The standard InChI is InChI=1S/C12H24N2/c1-5-8-11-10(7-3)12(14-13-11)9(4)6-2/h9-11,13H,5-8H2,1-4H3/t9?,10?,11-/m1/s1. The van der Waals surface area contributed by atoms with Crippen molar-refractivity contribution in [2.24, 2.45) is 16.9 Å². The van der Waals surface area contributed by atoms with Gasteiger partial charge in [-0.05, 0) is 25.2 Å². The van der Waals surface area contributed by atoms with Gasteiger partial charge in [-0.15, -0.1) is 0 Å². The largest absolute Gasteiger partial charge is 0.306 e. The Labute approximate surface area is 88.2 Å². The van der Waals surface area contributed by atoms with Crippen LogP contribution in [0.4, 0.5) is 0 Å². The van der Waals surface area contributed by atoms with E-state index in [0.29, 0.717) is 17.9 Å². The fourth-order valence-electron chi connectivity index (χ4n) is 2.29. The van der Waals surface area contributed by atoms with Crippen molar-refractivity contribution in [1.29, 1.82) is 0 Å². The van der Waals surface area contributed by atoms with Gasteiger partial charge in [0.05, 0.1) is 6.04 Å². The zero-order chi connectivity index (χ0) is 10.6. The summed E-state index contributed by atoms with van der Waals surface area (Å²) in [7, 11) is 0. The summed E-state index contributed by atoms with van der Waals surface area (Å²) < 4.78 is 0. The first kappa shape index (κ1) is 11.5. The molecule has 0 aromatic heterocycles. The summed E-state index contributed by atoms with van der Waals surface area (Å²) >= 11 is 0. The number of rotatable bonds is 5. The molecule has 0 saturated heterocycles. The van der Waals surface area contributed by atoms with Crippen molar-refractivity contribution < 1.29 is 0 Å². The molecule has 2 heteroatoms. The van der Waals surface area contributed by atoms with Gasteiger partial charge < -0.3 is 5.43 Å². The molecular weight excluding hydrogens is 172 g/mol. The van der Waals surface area contributed by atoms with Crippen LogP contribution in [-0.4, -0.2) is 11.8 Å². The maximum Gasteiger partial charge on any atom is 0.0521 e. The Balaban J connectivity index is 2.61. The van der Waals surface area contributed by atoms with Gasteiger partial charge in [0.2, 0.25) is 0 Å². The van der Waals surface area contributed by atoms with E-state index >= 15 is 0 Å². The Morgan fingerprint density at radius 3 is 2.57 bits per heavy atom. The zero-order valence-corrected chi connectivity index (χ0v) is 10.0. The molecule has 0 aromatic carbocycles. The molecule has 0 saturated carbocycles.